The highest BCUT2D eigenvalue weighted by atomic mass is 16.7. The Kier molecular flexibility index (Phi) is 9.31. The minimum Gasteiger partial charge on any atom is -0.383 e. The van der Waals surface area contributed by atoms with E-state index in [0.29, 0.717) is 44.9 Å². The zero-order valence-corrected chi connectivity index (χ0v) is 20.3. The molecule has 0 bridgehead atoms. The molecule has 1 aliphatic carbocycles. The average molecular weight is 455 g/mol. The van der Waals surface area contributed by atoms with Gasteiger partial charge in [-0.05, 0) is 59.3 Å². The number of hydrogen-bond donors (Lipinski definition) is 1. The molecular weight excluding hydrogens is 412 g/mol. The predicted molar refractivity (Wildman–Crippen MR) is 121 cm³/mol. The molecule has 3 amide bonds. The van der Waals surface area contributed by atoms with E-state index in [0.717, 1.165) is 45.1 Å². The third-order valence-corrected chi connectivity index (χ3v) is 7.10. The van der Waals surface area contributed by atoms with Gasteiger partial charge >= 0.3 is 6.03 Å². The fraction of sp³-hybridized carbons (Fsp3) is 0.913. The minimum absolute atomic E-state index is 0.106. The van der Waals surface area contributed by atoms with E-state index in [2.05, 4.69) is 22.2 Å². The van der Waals surface area contributed by atoms with Gasteiger partial charge in [-0.25, -0.2) is 4.79 Å². The Morgan fingerprint density at radius 3 is 2.62 bits per heavy atom. The Labute approximate surface area is 192 Å². The number of nitrogens with zero attached hydrogens (tertiary/aromatic N) is 3. The van der Waals surface area contributed by atoms with Crippen molar-refractivity contribution in [2.45, 2.75) is 50.4 Å². The molecule has 1 N–H and O–H groups in total. The summed E-state index contributed by atoms with van der Waals surface area (Å²) in [5.74, 6) is -0.458. The summed E-state index contributed by atoms with van der Waals surface area (Å²) in [6.45, 7) is 4.12. The summed E-state index contributed by atoms with van der Waals surface area (Å²) < 4.78 is 17.1. The average Bonchev–Trinajstić information content (AvgIpc) is 3.20. The van der Waals surface area contributed by atoms with Crippen molar-refractivity contribution in [3.8, 4) is 0 Å². The third kappa shape index (κ3) is 6.41. The molecule has 0 aromatic rings. The highest BCUT2D eigenvalue weighted by Crippen LogP contribution is 2.45. The molecule has 0 radical (unpaired) electrons. The normalized spacial score (nSPS) is 27.5. The van der Waals surface area contributed by atoms with E-state index in [-0.39, 0.29) is 24.4 Å². The minimum atomic E-state index is -0.466. The van der Waals surface area contributed by atoms with E-state index < -0.39 is 5.79 Å². The Morgan fingerprint density at radius 1 is 1.19 bits per heavy atom. The van der Waals surface area contributed by atoms with Gasteiger partial charge in [-0.3, -0.25) is 9.69 Å². The molecule has 0 unspecified atom stereocenters. The lowest BCUT2D eigenvalue weighted by Gasteiger charge is -2.49. The SMILES string of the molecule is COCCN(C(=O)NCCCCN(C)C)C(=O)[C@@H]1C[C@@H]2CC3(CC[C@H]2N(C)C1)OCCO3. The van der Waals surface area contributed by atoms with Crippen molar-refractivity contribution in [1.82, 2.24) is 20.0 Å². The number of ether oxygens (including phenoxy) is 3. The fourth-order valence-corrected chi connectivity index (χ4v) is 5.48. The van der Waals surface area contributed by atoms with Crippen LogP contribution in [0.25, 0.3) is 0 Å². The number of nitrogens with one attached hydrogen (secondary N) is 1. The number of carbonyl (C=O) groups excluding carboxylic acids is 2. The second-order valence-electron chi connectivity index (χ2n) is 9.78. The number of unbranched alkanes of at least 4 members (excludes halogenated alkanes) is 1. The molecule has 2 saturated heterocycles. The molecule has 9 nitrogen and oxygen atoms in total. The molecule has 1 saturated carbocycles. The van der Waals surface area contributed by atoms with Crippen LogP contribution in [0.4, 0.5) is 4.79 Å². The van der Waals surface area contributed by atoms with Gasteiger partial charge in [-0.2, -0.15) is 0 Å². The van der Waals surface area contributed by atoms with Crippen LogP contribution in [0.5, 0.6) is 0 Å². The third-order valence-electron chi connectivity index (χ3n) is 7.10. The van der Waals surface area contributed by atoms with Crippen LogP contribution < -0.4 is 5.32 Å². The lowest BCUT2D eigenvalue weighted by atomic mass is 9.72. The Bertz CT molecular complexity index is 626. The van der Waals surface area contributed by atoms with Crippen molar-refractivity contribution >= 4 is 11.9 Å². The summed E-state index contributed by atoms with van der Waals surface area (Å²) in [6.07, 6.45) is 5.40. The maximum absolute atomic E-state index is 13.5. The number of amides is 3. The molecule has 3 atom stereocenters. The summed E-state index contributed by atoms with van der Waals surface area (Å²) in [7, 11) is 7.75. The lowest BCUT2D eigenvalue weighted by Crippen LogP contribution is -2.57. The molecule has 184 valence electrons. The van der Waals surface area contributed by atoms with Gasteiger partial charge in [-0.1, -0.05) is 0 Å². The number of fused-ring (bicyclic) bond motifs is 1. The maximum atomic E-state index is 13.5. The molecular formula is C23H42N4O5. The molecule has 2 aliphatic heterocycles. The van der Waals surface area contributed by atoms with Crippen LogP contribution in [0.3, 0.4) is 0 Å². The number of methoxy groups -OCH3 is 1. The number of imide groups is 1. The number of carbonyl (C=O) groups is 2. The highest BCUT2D eigenvalue weighted by molar-refractivity contribution is 5.95. The van der Waals surface area contributed by atoms with Crippen LogP contribution >= 0.6 is 0 Å². The summed E-state index contributed by atoms with van der Waals surface area (Å²) in [5, 5.41) is 2.93. The fourth-order valence-electron chi connectivity index (χ4n) is 5.48. The van der Waals surface area contributed by atoms with Crippen molar-refractivity contribution in [3.63, 3.8) is 0 Å². The van der Waals surface area contributed by atoms with Gasteiger partial charge in [-0.15, -0.1) is 0 Å². The molecule has 2 heterocycles. The molecule has 3 fully saturated rings. The van der Waals surface area contributed by atoms with Crippen LogP contribution in [-0.4, -0.2) is 113 Å². The molecule has 0 aromatic carbocycles. The van der Waals surface area contributed by atoms with E-state index in [1.54, 1.807) is 7.11 Å². The van der Waals surface area contributed by atoms with E-state index in [4.69, 9.17) is 14.2 Å². The van der Waals surface area contributed by atoms with Gasteiger partial charge in [0.2, 0.25) is 5.91 Å². The van der Waals surface area contributed by atoms with Crippen LogP contribution in [-0.2, 0) is 19.0 Å². The van der Waals surface area contributed by atoms with E-state index >= 15 is 0 Å². The van der Waals surface area contributed by atoms with Gasteiger partial charge < -0.3 is 29.3 Å². The monoisotopic (exact) mass is 454 g/mol. The Balaban J connectivity index is 1.59. The lowest BCUT2D eigenvalue weighted by molar-refractivity contribution is -0.202. The zero-order chi connectivity index (χ0) is 23.1. The molecule has 0 aromatic heterocycles. The van der Waals surface area contributed by atoms with Crippen LogP contribution in [0, 0.1) is 11.8 Å². The van der Waals surface area contributed by atoms with Crippen molar-refractivity contribution in [2.24, 2.45) is 11.8 Å². The van der Waals surface area contributed by atoms with Crippen molar-refractivity contribution < 1.29 is 23.8 Å². The van der Waals surface area contributed by atoms with Crippen molar-refractivity contribution in [1.29, 1.82) is 0 Å². The second-order valence-corrected chi connectivity index (χ2v) is 9.78. The maximum Gasteiger partial charge on any atom is 0.324 e. The Hall–Kier alpha value is -1.26. The standard InChI is InChI=1S/C23H42N4O5/c1-25(2)10-6-5-9-24-22(29)27(11-12-30-4)21(28)19-15-18-16-23(31-13-14-32-23)8-7-20(18)26(3)17-19/h18-20H,5-17H2,1-4H3,(H,24,29)/t18-,19-,20-/m1/s1. The molecule has 32 heavy (non-hydrogen) atoms. The number of hydrogen-bond acceptors (Lipinski definition) is 7. The number of rotatable bonds is 9. The second kappa shape index (κ2) is 11.7. The number of piperidine rings is 1. The first-order valence-corrected chi connectivity index (χ1v) is 12.1. The number of likely N-dealkylation sites (tertiary alicyclic amines) is 1. The Morgan fingerprint density at radius 2 is 1.94 bits per heavy atom. The van der Waals surface area contributed by atoms with Crippen molar-refractivity contribution in [2.75, 3.05) is 74.3 Å². The van der Waals surface area contributed by atoms with E-state index in [1.165, 1.54) is 4.90 Å². The van der Waals surface area contributed by atoms with Gasteiger partial charge in [0, 0.05) is 39.1 Å². The largest absolute Gasteiger partial charge is 0.383 e. The smallest absolute Gasteiger partial charge is 0.324 e. The highest BCUT2D eigenvalue weighted by Gasteiger charge is 2.49. The number of urea groups is 1. The summed E-state index contributed by atoms with van der Waals surface area (Å²) in [6, 6.07) is 0.125. The van der Waals surface area contributed by atoms with E-state index in [1.807, 2.05) is 14.1 Å². The first kappa shape index (κ1) is 25.4. The zero-order valence-electron chi connectivity index (χ0n) is 20.3. The van der Waals surface area contributed by atoms with Gasteiger partial charge in [0.25, 0.3) is 0 Å². The first-order chi connectivity index (χ1) is 15.3. The topological polar surface area (TPSA) is 83.6 Å². The summed E-state index contributed by atoms with van der Waals surface area (Å²) in [5.41, 5.74) is 0. The van der Waals surface area contributed by atoms with Crippen molar-refractivity contribution in [3.05, 3.63) is 0 Å². The first-order valence-electron chi connectivity index (χ1n) is 12.1. The molecule has 3 rings (SSSR count). The molecule has 3 aliphatic rings. The van der Waals surface area contributed by atoms with Gasteiger partial charge in [0.1, 0.15) is 0 Å². The quantitative estimate of drug-likeness (QED) is 0.527. The van der Waals surface area contributed by atoms with Crippen LogP contribution in [0.2, 0.25) is 0 Å². The summed E-state index contributed by atoms with van der Waals surface area (Å²) in [4.78, 5) is 32.1. The molecule has 9 heteroatoms. The van der Waals surface area contributed by atoms with E-state index in [9.17, 15) is 9.59 Å². The molecule has 1 spiro atoms. The predicted octanol–water partition coefficient (Wildman–Crippen LogP) is 1.38. The summed E-state index contributed by atoms with van der Waals surface area (Å²) >= 11 is 0. The van der Waals surface area contributed by atoms with Gasteiger partial charge in [0.05, 0.1) is 32.3 Å². The van der Waals surface area contributed by atoms with Crippen LogP contribution in [0.15, 0.2) is 0 Å². The van der Waals surface area contributed by atoms with Crippen LogP contribution in [0.1, 0.15) is 38.5 Å². The van der Waals surface area contributed by atoms with Gasteiger partial charge in [0.15, 0.2) is 5.79 Å².